The van der Waals surface area contributed by atoms with E-state index in [9.17, 15) is 33.6 Å². The molecule has 16 heteroatoms. The summed E-state index contributed by atoms with van der Waals surface area (Å²) in [5.41, 5.74) is 0.544. The Labute approximate surface area is 351 Å². The van der Waals surface area contributed by atoms with Gasteiger partial charge in [-0.05, 0) is 77.3 Å². The van der Waals surface area contributed by atoms with E-state index < -0.39 is 59.9 Å². The van der Waals surface area contributed by atoms with E-state index in [-0.39, 0.29) is 54.9 Å². The molecule has 3 rings (SSSR count). The number of esters is 2. The lowest BCUT2D eigenvalue weighted by molar-refractivity contribution is -0.236. The number of amides is 4. The Bertz CT molecular complexity index is 1910. The van der Waals surface area contributed by atoms with Crippen molar-refractivity contribution in [2.75, 3.05) is 20.1 Å². The number of hydroxylamine groups is 2. The number of benzene rings is 2. The summed E-state index contributed by atoms with van der Waals surface area (Å²) in [6.07, 6.45) is 3.45. The smallest absolute Gasteiger partial charge is 0.329 e. The van der Waals surface area contributed by atoms with Crippen molar-refractivity contribution in [2.45, 2.75) is 106 Å². The molecule has 0 aliphatic heterocycles. The maximum absolute atomic E-state index is 13.5. The summed E-state index contributed by atoms with van der Waals surface area (Å²) in [4.78, 5) is 94.7. The van der Waals surface area contributed by atoms with Crippen LogP contribution < -0.4 is 20.7 Å². The van der Waals surface area contributed by atoms with E-state index in [1.807, 2.05) is 13.0 Å². The van der Waals surface area contributed by atoms with Crippen LogP contribution in [0.2, 0.25) is 0 Å². The van der Waals surface area contributed by atoms with Crippen LogP contribution in [0.1, 0.15) is 113 Å². The molecule has 0 unspecified atom stereocenters. The molecule has 0 bridgehead atoms. The molecule has 2 aromatic carbocycles. The first kappa shape index (κ1) is 48.3. The quantitative estimate of drug-likeness (QED) is 0.0301. The van der Waals surface area contributed by atoms with E-state index in [0.29, 0.717) is 31.2 Å². The number of ketones is 1. The van der Waals surface area contributed by atoms with Gasteiger partial charge in [-0.1, -0.05) is 69.5 Å². The van der Waals surface area contributed by atoms with Crippen molar-refractivity contribution in [2.24, 2.45) is 11.3 Å². The van der Waals surface area contributed by atoms with Gasteiger partial charge in [0.25, 0.3) is 11.8 Å². The number of furan rings is 1. The molecule has 0 saturated carbocycles. The van der Waals surface area contributed by atoms with Gasteiger partial charge in [0.15, 0.2) is 5.76 Å². The minimum atomic E-state index is -1.24. The van der Waals surface area contributed by atoms with Crippen molar-refractivity contribution < 1.29 is 57.0 Å². The summed E-state index contributed by atoms with van der Waals surface area (Å²) >= 11 is 0. The summed E-state index contributed by atoms with van der Waals surface area (Å²) in [7, 11) is 0. The highest BCUT2D eigenvalue weighted by Gasteiger charge is 2.33. The lowest BCUT2D eigenvalue weighted by Crippen LogP contribution is -2.48. The van der Waals surface area contributed by atoms with Crippen molar-refractivity contribution >= 4 is 41.9 Å². The van der Waals surface area contributed by atoms with Crippen molar-refractivity contribution in [1.82, 2.24) is 21.0 Å². The third-order valence-corrected chi connectivity index (χ3v) is 9.23. The Hall–Kier alpha value is -6.03. The molecule has 60 heavy (non-hydrogen) atoms. The van der Waals surface area contributed by atoms with E-state index in [1.165, 1.54) is 19.1 Å². The van der Waals surface area contributed by atoms with Gasteiger partial charge >= 0.3 is 11.9 Å². The Morgan fingerprint density at radius 1 is 0.883 bits per heavy atom. The van der Waals surface area contributed by atoms with Gasteiger partial charge in [-0.3, -0.25) is 28.8 Å². The number of carbonyl (C=O) groups is 7. The van der Waals surface area contributed by atoms with Gasteiger partial charge in [0.05, 0.1) is 36.2 Å². The van der Waals surface area contributed by atoms with Gasteiger partial charge in [0.1, 0.15) is 29.9 Å². The van der Waals surface area contributed by atoms with Gasteiger partial charge in [-0.2, -0.15) is 0 Å². The Balaban J connectivity index is 1.67. The highest BCUT2D eigenvalue weighted by Crippen LogP contribution is 2.30. The van der Waals surface area contributed by atoms with E-state index in [1.54, 1.807) is 77.1 Å². The maximum atomic E-state index is 13.5. The van der Waals surface area contributed by atoms with Crippen LogP contribution in [0.3, 0.4) is 0 Å². The average Bonchev–Trinajstić information content (AvgIpc) is 3.72. The van der Waals surface area contributed by atoms with Crippen LogP contribution in [0, 0.1) is 11.3 Å². The summed E-state index contributed by atoms with van der Waals surface area (Å²) in [5, 5.41) is 8.94. The fourth-order valence-electron chi connectivity index (χ4n) is 6.04. The molecule has 0 fully saturated rings. The summed E-state index contributed by atoms with van der Waals surface area (Å²) in [6.45, 7) is 11.4. The van der Waals surface area contributed by atoms with Crippen molar-refractivity contribution in [3.8, 4) is 17.1 Å². The molecule has 0 spiro atoms. The van der Waals surface area contributed by atoms with Crippen LogP contribution in [0.5, 0.6) is 5.75 Å². The maximum Gasteiger partial charge on any atom is 0.329 e. The molecule has 0 radical (unpaired) electrons. The van der Waals surface area contributed by atoms with E-state index in [2.05, 4.69) is 16.0 Å². The molecule has 1 aromatic heterocycles. The predicted octanol–water partition coefficient (Wildman–Crippen LogP) is 5.88. The number of Topliss-reactive ketones (excluding diaryl/α,β-unsaturated/α-hetero) is 1. The molecule has 0 aliphatic rings. The lowest BCUT2D eigenvalue weighted by atomic mass is 9.90. The summed E-state index contributed by atoms with van der Waals surface area (Å²) in [5.74, 6) is -3.60. The minimum Gasteiger partial charge on any atom is -0.493 e. The Morgan fingerprint density at radius 2 is 1.62 bits per heavy atom. The van der Waals surface area contributed by atoms with Crippen LogP contribution in [-0.2, 0) is 44.9 Å². The normalized spacial score (nSPS) is 12.6. The third-order valence-electron chi connectivity index (χ3n) is 9.23. The second-order valence-corrected chi connectivity index (χ2v) is 15.0. The van der Waals surface area contributed by atoms with E-state index >= 15 is 0 Å². The number of rotatable bonds is 25. The number of hydrogen-bond acceptors (Lipinski definition) is 12. The Kier molecular flexibility index (Phi) is 19.5. The number of unbranched alkanes of at least 4 members (excludes halogenated alkanes) is 2. The minimum absolute atomic E-state index is 0.0307. The molecular formula is C44H58N4O12. The first-order valence-corrected chi connectivity index (χ1v) is 20.1. The van der Waals surface area contributed by atoms with Crippen LogP contribution >= 0.6 is 0 Å². The van der Waals surface area contributed by atoms with Crippen LogP contribution in [0.25, 0.3) is 11.3 Å². The molecule has 0 saturated heterocycles. The van der Waals surface area contributed by atoms with Gasteiger partial charge in [-0.25, -0.2) is 14.7 Å². The van der Waals surface area contributed by atoms with Crippen LogP contribution in [0.15, 0.2) is 65.1 Å². The molecule has 326 valence electrons. The molecule has 0 aliphatic carbocycles. The first-order chi connectivity index (χ1) is 28.6. The molecule has 3 atom stereocenters. The molecule has 4 amide bonds. The highest BCUT2D eigenvalue weighted by atomic mass is 16.8. The molecular weight excluding hydrogens is 776 g/mol. The van der Waals surface area contributed by atoms with Gasteiger partial charge < -0.3 is 34.6 Å². The zero-order valence-corrected chi connectivity index (χ0v) is 35.5. The van der Waals surface area contributed by atoms with Crippen molar-refractivity contribution in [3.63, 3.8) is 0 Å². The van der Waals surface area contributed by atoms with Crippen LogP contribution in [-0.4, -0.2) is 79.1 Å². The second-order valence-electron chi connectivity index (χ2n) is 15.0. The zero-order valence-electron chi connectivity index (χ0n) is 35.5. The SMILES string of the molecule is CCCCC[C@@H](C(=O)NCNC(=O)c1ccc(-c2ccc(C(=O)N[C@@H](CC(C)=O)C(=O)OCc3ccccc3)c(OCC)c2)o1)[C@@H](CC)N(C=O)OCOC(=O)C(C)(C)C. The number of nitrogens with zero attached hydrogens (tertiary/aromatic N) is 1. The van der Waals surface area contributed by atoms with Crippen molar-refractivity contribution in [3.05, 3.63) is 77.6 Å². The molecule has 3 aromatic rings. The van der Waals surface area contributed by atoms with Gasteiger partial charge in [0.2, 0.25) is 19.1 Å². The van der Waals surface area contributed by atoms with Crippen molar-refractivity contribution in [1.29, 1.82) is 0 Å². The monoisotopic (exact) mass is 834 g/mol. The van der Waals surface area contributed by atoms with E-state index in [0.717, 1.165) is 23.5 Å². The standard InChI is InChI=1S/C44H58N4O12/c1-8-11-13-18-32(35(9-2)48(27-49)59-28-58-43(55)44(5,6)7)39(51)45-26-46-41(53)37-22-21-36(60-37)31-19-20-33(38(24-31)56-10-3)40(52)47-34(23-29(4)50)42(54)57-25-30-16-14-12-15-17-30/h12,14-17,19-22,24,27,32,34-35H,8-11,13,18,23,25-26,28H2,1-7H3,(H,45,51)(H,46,53)(H,47,52)/t32-,34+,35-/m1/s1. The number of hydrogen-bond donors (Lipinski definition) is 3. The summed E-state index contributed by atoms with van der Waals surface area (Å²) < 4.78 is 22.1. The van der Waals surface area contributed by atoms with Gasteiger partial charge in [0, 0.05) is 12.0 Å². The molecule has 16 nitrogen and oxygen atoms in total. The van der Waals surface area contributed by atoms with Gasteiger partial charge in [-0.15, -0.1) is 0 Å². The predicted molar refractivity (Wildman–Crippen MR) is 220 cm³/mol. The van der Waals surface area contributed by atoms with E-state index in [4.69, 9.17) is 23.5 Å². The second kappa shape index (κ2) is 24.1. The lowest BCUT2D eigenvalue weighted by Gasteiger charge is -2.32. The average molecular weight is 835 g/mol. The number of ether oxygens (including phenoxy) is 3. The number of carbonyl (C=O) groups excluding carboxylic acids is 7. The highest BCUT2D eigenvalue weighted by molar-refractivity contribution is 6.00. The first-order valence-electron chi connectivity index (χ1n) is 20.1. The topological polar surface area (TPSA) is 209 Å². The fraction of sp³-hybridized carbons (Fsp3) is 0.477. The molecule has 1 heterocycles. The largest absolute Gasteiger partial charge is 0.493 e. The van der Waals surface area contributed by atoms with Crippen LogP contribution in [0.4, 0.5) is 0 Å². The Morgan fingerprint density at radius 3 is 2.25 bits per heavy atom. The fourth-order valence-corrected chi connectivity index (χ4v) is 6.04. The third kappa shape index (κ3) is 15.0. The summed E-state index contributed by atoms with van der Waals surface area (Å²) in [6, 6.07) is 14.7. The zero-order chi connectivity index (χ0) is 44.2. The molecule has 3 N–H and O–H groups in total. The number of nitrogens with one attached hydrogen (secondary N) is 3.